The highest BCUT2D eigenvalue weighted by molar-refractivity contribution is 14.0. The second kappa shape index (κ2) is 12.8. The molecule has 2 rings (SSSR count). The summed E-state index contributed by atoms with van der Waals surface area (Å²) in [4.78, 5) is 4.63. The topological polar surface area (TPSA) is 54.9 Å². The largest absolute Gasteiger partial charge is 0.486 e. The van der Waals surface area contributed by atoms with Gasteiger partial charge >= 0.3 is 0 Å². The Morgan fingerprint density at radius 2 is 2.04 bits per heavy atom. The highest BCUT2D eigenvalue weighted by atomic mass is 127. The standard InChI is InChI=1S/C17H26ClN3O2S.HI/c1-3-19-17(20-6-4-5-9-24-2)21-12-13-10-14(18)16-15(11-13)22-7-8-23-16;/h10-11H,3-9,12H2,1-2H3,(H2,19,20,21);1H. The first-order valence-corrected chi connectivity index (χ1v) is 10.1. The molecule has 2 N–H and O–H groups in total. The van der Waals surface area contributed by atoms with Crippen molar-refractivity contribution in [2.45, 2.75) is 26.3 Å². The van der Waals surface area contributed by atoms with Gasteiger partial charge in [0.1, 0.15) is 13.2 Å². The first-order valence-electron chi connectivity index (χ1n) is 8.33. The van der Waals surface area contributed by atoms with E-state index in [2.05, 4.69) is 28.8 Å². The molecule has 5 nitrogen and oxygen atoms in total. The van der Waals surface area contributed by atoms with Crippen LogP contribution in [0.4, 0.5) is 0 Å². The van der Waals surface area contributed by atoms with E-state index in [1.807, 2.05) is 23.9 Å². The molecule has 1 aromatic carbocycles. The molecule has 0 radical (unpaired) electrons. The summed E-state index contributed by atoms with van der Waals surface area (Å²) < 4.78 is 11.2. The van der Waals surface area contributed by atoms with Crippen molar-refractivity contribution >= 4 is 53.3 Å². The highest BCUT2D eigenvalue weighted by Gasteiger charge is 2.16. The molecule has 0 saturated carbocycles. The molecule has 0 saturated heterocycles. The maximum atomic E-state index is 6.27. The van der Waals surface area contributed by atoms with Gasteiger partial charge in [-0.15, -0.1) is 24.0 Å². The summed E-state index contributed by atoms with van der Waals surface area (Å²) >= 11 is 8.15. The lowest BCUT2D eigenvalue weighted by molar-refractivity contribution is 0.171. The quantitative estimate of drug-likeness (QED) is 0.246. The normalized spacial score (nSPS) is 13.2. The van der Waals surface area contributed by atoms with Gasteiger partial charge in [-0.05, 0) is 49.5 Å². The van der Waals surface area contributed by atoms with Gasteiger partial charge in [0.2, 0.25) is 0 Å². The van der Waals surface area contributed by atoms with Crippen LogP contribution in [0, 0.1) is 0 Å². The number of aliphatic imine (C=N–C) groups is 1. The molecule has 0 unspecified atom stereocenters. The molecule has 1 heterocycles. The van der Waals surface area contributed by atoms with E-state index < -0.39 is 0 Å². The fourth-order valence-electron chi connectivity index (χ4n) is 2.35. The summed E-state index contributed by atoms with van der Waals surface area (Å²) in [6, 6.07) is 3.84. The summed E-state index contributed by atoms with van der Waals surface area (Å²) in [5.41, 5.74) is 1.00. The van der Waals surface area contributed by atoms with Crippen LogP contribution >= 0.6 is 47.3 Å². The zero-order valence-electron chi connectivity index (χ0n) is 14.8. The molecule has 0 amide bonds. The van der Waals surface area contributed by atoms with Gasteiger partial charge in [-0.25, -0.2) is 4.99 Å². The molecule has 0 atom stereocenters. The number of nitrogens with one attached hydrogen (secondary N) is 2. The molecule has 0 fully saturated rings. The predicted octanol–water partition coefficient (Wildman–Crippen LogP) is 3.93. The van der Waals surface area contributed by atoms with Crippen molar-refractivity contribution in [1.82, 2.24) is 10.6 Å². The van der Waals surface area contributed by atoms with Gasteiger partial charge in [-0.2, -0.15) is 11.8 Å². The Hall–Kier alpha value is -0.540. The van der Waals surface area contributed by atoms with Crippen molar-refractivity contribution in [2.24, 2.45) is 4.99 Å². The molecule has 8 heteroatoms. The van der Waals surface area contributed by atoms with Crippen molar-refractivity contribution in [3.8, 4) is 11.5 Å². The van der Waals surface area contributed by atoms with Crippen LogP contribution in [0.2, 0.25) is 5.02 Å². The zero-order valence-corrected chi connectivity index (χ0v) is 18.7. The monoisotopic (exact) mass is 499 g/mol. The number of halogens is 2. The van der Waals surface area contributed by atoms with E-state index in [0.717, 1.165) is 31.0 Å². The molecule has 0 spiro atoms. The molecule has 1 aliphatic rings. The fraction of sp³-hybridized carbons (Fsp3) is 0.588. The number of hydrogen-bond acceptors (Lipinski definition) is 4. The van der Waals surface area contributed by atoms with E-state index in [0.29, 0.717) is 36.3 Å². The summed E-state index contributed by atoms with van der Waals surface area (Å²) in [6.07, 6.45) is 4.49. The van der Waals surface area contributed by atoms with Gasteiger partial charge in [-0.3, -0.25) is 0 Å². The van der Waals surface area contributed by atoms with Gasteiger partial charge in [-0.1, -0.05) is 11.6 Å². The summed E-state index contributed by atoms with van der Waals surface area (Å²) in [5, 5.41) is 7.21. The second-order valence-electron chi connectivity index (χ2n) is 5.42. The molecular weight excluding hydrogens is 473 g/mol. The molecule has 0 aromatic heterocycles. The Morgan fingerprint density at radius 1 is 1.24 bits per heavy atom. The lowest BCUT2D eigenvalue weighted by atomic mass is 10.2. The SMILES string of the molecule is CCNC(=NCc1cc(Cl)c2c(c1)OCCO2)NCCCCSC.I. The van der Waals surface area contributed by atoms with Gasteiger partial charge in [0.25, 0.3) is 0 Å². The van der Waals surface area contributed by atoms with Crippen LogP contribution in [0.3, 0.4) is 0 Å². The third kappa shape index (κ3) is 7.70. The van der Waals surface area contributed by atoms with Gasteiger partial charge in [0.15, 0.2) is 17.5 Å². The molecular formula is C17H27ClIN3O2S. The van der Waals surface area contributed by atoms with Gasteiger partial charge < -0.3 is 20.1 Å². The first kappa shape index (κ1) is 22.5. The average Bonchev–Trinajstić information content (AvgIpc) is 2.59. The van der Waals surface area contributed by atoms with Crippen LogP contribution in [-0.2, 0) is 6.54 Å². The number of unbranched alkanes of at least 4 members (excludes halogenated alkanes) is 1. The first-order chi connectivity index (χ1) is 11.7. The minimum atomic E-state index is 0. The van der Waals surface area contributed by atoms with E-state index in [1.165, 1.54) is 12.2 Å². The smallest absolute Gasteiger partial charge is 0.191 e. The minimum Gasteiger partial charge on any atom is -0.486 e. The van der Waals surface area contributed by atoms with Crippen LogP contribution < -0.4 is 20.1 Å². The Kier molecular flexibility index (Phi) is 11.5. The predicted molar refractivity (Wildman–Crippen MR) is 118 cm³/mol. The number of guanidine groups is 1. The minimum absolute atomic E-state index is 0. The lowest BCUT2D eigenvalue weighted by Gasteiger charge is -2.20. The number of benzene rings is 1. The van der Waals surface area contributed by atoms with Crippen LogP contribution in [0.5, 0.6) is 11.5 Å². The third-order valence-corrected chi connectivity index (χ3v) is 4.47. The number of ether oxygens (including phenoxy) is 2. The van der Waals surface area contributed by atoms with E-state index in [1.54, 1.807) is 0 Å². The molecule has 1 aromatic rings. The van der Waals surface area contributed by atoms with E-state index in [-0.39, 0.29) is 24.0 Å². The fourth-order valence-corrected chi connectivity index (χ4v) is 3.13. The van der Waals surface area contributed by atoms with Crippen molar-refractivity contribution in [3.63, 3.8) is 0 Å². The van der Waals surface area contributed by atoms with Gasteiger partial charge in [0.05, 0.1) is 11.6 Å². The third-order valence-electron chi connectivity index (χ3n) is 3.49. The van der Waals surface area contributed by atoms with Crippen molar-refractivity contribution in [1.29, 1.82) is 0 Å². The maximum absolute atomic E-state index is 6.27. The van der Waals surface area contributed by atoms with E-state index in [4.69, 9.17) is 21.1 Å². The number of nitrogens with zero attached hydrogens (tertiary/aromatic N) is 1. The van der Waals surface area contributed by atoms with Crippen LogP contribution in [0.15, 0.2) is 17.1 Å². The lowest BCUT2D eigenvalue weighted by Crippen LogP contribution is -2.37. The van der Waals surface area contributed by atoms with Crippen LogP contribution in [0.25, 0.3) is 0 Å². The van der Waals surface area contributed by atoms with E-state index >= 15 is 0 Å². The number of rotatable bonds is 8. The van der Waals surface area contributed by atoms with Crippen molar-refractivity contribution in [3.05, 3.63) is 22.7 Å². The number of hydrogen-bond donors (Lipinski definition) is 2. The Labute approximate surface area is 176 Å². The molecule has 0 bridgehead atoms. The molecule has 1 aliphatic heterocycles. The van der Waals surface area contributed by atoms with Gasteiger partial charge in [0, 0.05) is 13.1 Å². The van der Waals surface area contributed by atoms with Crippen LogP contribution in [-0.4, -0.2) is 44.3 Å². The van der Waals surface area contributed by atoms with Crippen LogP contribution in [0.1, 0.15) is 25.3 Å². The zero-order chi connectivity index (χ0) is 17.2. The molecule has 25 heavy (non-hydrogen) atoms. The van der Waals surface area contributed by atoms with E-state index in [9.17, 15) is 0 Å². The Balaban J connectivity index is 0.00000312. The Bertz CT molecular complexity index is 561. The maximum Gasteiger partial charge on any atom is 0.191 e. The summed E-state index contributed by atoms with van der Waals surface area (Å²) in [6.45, 7) is 5.45. The summed E-state index contributed by atoms with van der Waals surface area (Å²) in [7, 11) is 0. The van der Waals surface area contributed by atoms with Crippen molar-refractivity contribution < 1.29 is 9.47 Å². The highest BCUT2D eigenvalue weighted by Crippen LogP contribution is 2.38. The summed E-state index contributed by atoms with van der Waals surface area (Å²) in [5.74, 6) is 3.36. The Morgan fingerprint density at radius 3 is 2.80 bits per heavy atom. The molecule has 142 valence electrons. The number of fused-ring (bicyclic) bond motifs is 1. The second-order valence-corrected chi connectivity index (χ2v) is 6.82. The average molecular weight is 500 g/mol. The van der Waals surface area contributed by atoms with Crippen molar-refractivity contribution in [2.75, 3.05) is 38.3 Å². The number of thioether (sulfide) groups is 1. The molecule has 0 aliphatic carbocycles.